The lowest BCUT2D eigenvalue weighted by Gasteiger charge is -2.31. The zero-order valence-electron chi connectivity index (χ0n) is 9.93. The van der Waals surface area contributed by atoms with E-state index in [0.717, 1.165) is 13.1 Å². The first-order valence-electron chi connectivity index (χ1n) is 5.66. The zero-order chi connectivity index (χ0) is 12.3. The van der Waals surface area contributed by atoms with Crippen LogP contribution in [0.5, 0.6) is 5.75 Å². The quantitative estimate of drug-likeness (QED) is 0.738. The number of hydrogen-bond donors (Lipinski definition) is 1. The maximum Gasteiger partial charge on any atom is 0.415 e. The molecule has 1 aromatic carbocycles. The maximum atomic E-state index is 11.9. The topological polar surface area (TPSA) is 58.8 Å². The van der Waals surface area contributed by atoms with Gasteiger partial charge in [0.05, 0.1) is 5.69 Å². The van der Waals surface area contributed by atoms with Crippen LogP contribution in [0.4, 0.5) is 10.5 Å². The molecule has 1 aliphatic rings. The van der Waals surface area contributed by atoms with Crippen LogP contribution in [0.3, 0.4) is 0 Å². The molecular weight excluding hydrogens is 218 g/mol. The summed E-state index contributed by atoms with van der Waals surface area (Å²) in [4.78, 5) is 15.7. The Morgan fingerprint density at radius 2 is 1.88 bits per heavy atom. The molecule has 1 saturated heterocycles. The van der Waals surface area contributed by atoms with Crippen molar-refractivity contribution in [2.75, 3.05) is 39.0 Å². The molecule has 5 heteroatoms. The number of rotatable bonds is 1. The van der Waals surface area contributed by atoms with Crippen molar-refractivity contribution in [1.82, 2.24) is 9.80 Å². The summed E-state index contributed by atoms with van der Waals surface area (Å²) in [7, 11) is 2.04. The second-order valence-corrected chi connectivity index (χ2v) is 4.20. The minimum absolute atomic E-state index is 0.323. The Kier molecular flexibility index (Phi) is 3.49. The smallest absolute Gasteiger partial charge is 0.408 e. The van der Waals surface area contributed by atoms with E-state index in [1.807, 2.05) is 13.1 Å². The van der Waals surface area contributed by atoms with E-state index < -0.39 is 0 Å². The number of ether oxygens (including phenoxy) is 1. The lowest BCUT2D eigenvalue weighted by Crippen LogP contribution is -2.48. The number of para-hydroxylation sites is 2. The van der Waals surface area contributed by atoms with Crippen molar-refractivity contribution in [3.63, 3.8) is 0 Å². The fourth-order valence-corrected chi connectivity index (χ4v) is 1.72. The van der Waals surface area contributed by atoms with Gasteiger partial charge in [0, 0.05) is 26.2 Å². The maximum absolute atomic E-state index is 11.9. The van der Waals surface area contributed by atoms with E-state index in [9.17, 15) is 4.79 Å². The van der Waals surface area contributed by atoms with E-state index in [2.05, 4.69) is 4.90 Å². The van der Waals surface area contributed by atoms with Crippen LogP contribution in [0.1, 0.15) is 0 Å². The Morgan fingerprint density at radius 3 is 2.53 bits per heavy atom. The van der Waals surface area contributed by atoms with Gasteiger partial charge in [-0.05, 0) is 19.2 Å². The summed E-state index contributed by atoms with van der Waals surface area (Å²) in [5, 5.41) is 0. The number of hydrogen-bond acceptors (Lipinski definition) is 4. The summed E-state index contributed by atoms with van der Waals surface area (Å²) in [6.45, 7) is 3.14. The summed E-state index contributed by atoms with van der Waals surface area (Å²) in [6.07, 6.45) is -0.323. The number of nitrogens with zero attached hydrogens (tertiary/aromatic N) is 2. The standard InChI is InChI=1S/C12H17N3O2/c1-14-6-8-15(9-7-14)12(16)17-11-5-3-2-4-10(11)13/h2-5H,6-9,13H2,1H3. The van der Waals surface area contributed by atoms with Crippen LogP contribution in [0.25, 0.3) is 0 Å². The highest BCUT2D eigenvalue weighted by molar-refractivity contribution is 5.73. The van der Waals surface area contributed by atoms with Gasteiger partial charge in [0.2, 0.25) is 0 Å². The van der Waals surface area contributed by atoms with E-state index in [0.29, 0.717) is 24.5 Å². The van der Waals surface area contributed by atoms with Gasteiger partial charge >= 0.3 is 6.09 Å². The van der Waals surface area contributed by atoms with Gasteiger partial charge in [0.25, 0.3) is 0 Å². The van der Waals surface area contributed by atoms with Crippen molar-refractivity contribution < 1.29 is 9.53 Å². The average molecular weight is 235 g/mol. The fraction of sp³-hybridized carbons (Fsp3) is 0.417. The molecule has 1 aliphatic heterocycles. The molecule has 1 fully saturated rings. The van der Waals surface area contributed by atoms with E-state index in [4.69, 9.17) is 10.5 Å². The molecule has 0 bridgehead atoms. The van der Waals surface area contributed by atoms with E-state index in [-0.39, 0.29) is 6.09 Å². The summed E-state index contributed by atoms with van der Waals surface area (Å²) in [5.74, 6) is 0.427. The van der Waals surface area contributed by atoms with Gasteiger partial charge in [-0.1, -0.05) is 12.1 Å². The lowest BCUT2D eigenvalue weighted by molar-refractivity contribution is 0.120. The number of carbonyl (C=O) groups excluding carboxylic acids is 1. The molecule has 2 rings (SSSR count). The Labute approximate surface area is 101 Å². The molecule has 0 atom stereocenters. The molecule has 0 aliphatic carbocycles. The van der Waals surface area contributed by atoms with Crippen molar-refractivity contribution in [3.8, 4) is 5.75 Å². The summed E-state index contributed by atoms with van der Waals surface area (Å²) in [6, 6.07) is 7.02. The molecule has 92 valence electrons. The number of benzene rings is 1. The highest BCUT2D eigenvalue weighted by atomic mass is 16.6. The van der Waals surface area contributed by atoms with Gasteiger partial charge in [0.15, 0.2) is 5.75 Å². The van der Waals surface area contributed by atoms with E-state index >= 15 is 0 Å². The fourth-order valence-electron chi connectivity index (χ4n) is 1.72. The number of nitrogen functional groups attached to an aromatic ring is 1. The molecule has 0 saturated carbocycles. The summed E-state index contributed by atoms with van der Waals surface area (Å²) in [5.41, 5.74) is 6.20. The first-order valence-corrected chi connectivity index (χ1v) is 5.66. The average Bonchev–Trinajstić information content (AvgIpc) is 2.33. The van der Waals surface area contributed by atoms with Gasteiger partial charge in [-0.15, -0.1) is 0 Å². The Balaban J connectivity index is 1.95. The third-order valence-electron chi connectivity index (χ3n) is 2.88. The molecule has 0 radical (unpaired) electrons. The van der Waals surface area contributed by atoms with Crippen molar-refractivity contribution in [2.24, 2.45) is 0 Å². The summed E-state index contributed by atoms with van der Waals surface area (Å²) < 4.78 is 5.26. The largest absolute Gasteiger partial charge is 0.415 e. The van der Waals surface area contributed by atoms with Crippen LogP contribution in [-0.2, 0) is 0 Å². The molecule has 1 heterocycles. The highest BCUT2D eigenvalue weighted by Crippen LogP contribution is 2.20. The van der Waals surface area contributed by atoms with Crippen LogP contribution in [0, 0.1) is 0 Å². The van der Waals surface area contributed by atoms with Crippen LogP contribution < -0.4 is 10.5 Å². The predicted octanol–water partition coefficient (Wildman–Crippen LogP) is 1.02. The molecule has 0 unspecified atom stereocenters. The molecule has 1 amide bonds. The summed E-state index contributed by atoms with van der Waals surface area (Å²) >= 11 is 0. The van der Waals surface area contributed by atoms with Crippen molar-refractivity contribution in [1.29, 1.82) is 0 Å². The number of nitrogens with two attached hydrogens (primary N) is 1. The minimum Gasteiger partial charge on any atom is -0.408 e. The lowest BCUT2D eigenvalue weighted by atomic mass is 10.3. The Morgan fingerprint density at radius 1 is 1.24 bits per heavy atom. The Bertz CT molecular complexity index is 400. The second-order valence-electron chi connectivity index (χ2n) is 4.20. The van der Waals surface area contributed by atoms with Gasteiger partial charge < -0.3 is 20.3 Å². The molecule has 2 N–H and O–H groups in total. The SMILES string of the molecule is CN1CCN(C(=O)Oc2ccccc2N)CC1. The Hall–Kier alpha value is -1.75. The molecular formula is C12H17N3O2. The van der Waals surface area contributed by atoms with Crippen LogP contribution >= 0.6 is 0 Å². The van der Waals surface area contributed by atoms with Crippen LogP contribution in [-0.4, -0.2) is 49.1 Å². The van der Waals surface area contributed by atoms with E-state index in [1.54, 1.807) is 23.1 Å². The number of likely N-dealkylation sites (N-methyl/N-ethyl adjacent to an activating group) is 1. The first kappa shape index (κ1) is 11.7. The predicted molar refractivity (Wildman–Crippen MR) is 65.9 cm³/mol. The number of amides is 1. The van der Waals surface area contributed by atoms with Crippen LogP contribution in [0.2, 0.25) is 0 Å². The molecule has 5 nitrogen and oxygen atoms in total. The third kappa shape index (κ3) is 2.88. The normalized spacial score (nSPS) is 16.9. The second kappa shape index (κ2) is 5.05. The molecule has 0 spiro atoms. The zero-order valence-corrected chi connectivity index (χ0v) is 9.93. The molecule has 17 heavy (non-hydrogen) atoms. The van der Waals surface area contributed by atoms with Gasteiger partial charge in [-0.25, -0.2) is 4.79 Å². The van der Waals surface area contributed by atoms with Gasteiger partial charge in [0.1, 0.15) is 0 Å². The van der Waals surface area contributed by atoms with Crippen molar-refractivity contribution in [3.05, 3.63) is 24.3 Å². The molecule has 0 aromatic heterocycles. The van der Waals surface area contributed by atoms with Crippen molar-refractivity contribution >= 4 is 11.8 Å². The first-order chi connectivity index (χ1) is 8.16. The number of carbonyl (C=O) groups is 1. The third-order valence-corrected chi connectivity index (χ3v) is 2.88. The highest BCUT2D eigenvalue weighted by Gasteiger charge is 2.21. The van der Waals surface area contributed by atoms with Crippen LogP contribution in [0.15, 0.2) is 24.3 Å². The monoisotopic (exact) mass is 235 g/mol. The van der Waals surface area contributed by atoms with E-state index in [1.165, 1.54) is 0 Å². The minimum atomic E-state index is -0.323. The number of anilines is 1. The van der Waals surface area contributed by atoms with Crippen molar-refractivity contribution in [2.45, 2.75) is 0 Å². The van der Waals surface area contributed by atoms with Gasteiger partial charge in [-0.3, -0.25) is 0 Å². The van der Waals surface area contributed by atoms with Gasteiger partial charge in [-0.2, -0.15) is 0 Å². The number of piperazine rings is 1. The molecule has 1 aromatic rings.